The molecular weight excluding hydrogens is 362 g/mol. The number of methoxy groups -OCH3 is 1. The zero-order chi connectivity index (χ0) is 19.8. The second-order valence-electron chi connectivity index (χ2n) is 6.18. The van der Waals surface area contributed by atoms with Crippen LogP contribution in [0.15, 0.2) is 54.6 Å². The molecule has 0 unspecified atom stereocenters. The first kappa shape index (κ1) is 19.7. The van der Waals surface area contributed by atoms with Gasteiger partial charge in [0, 0.05) is 18.7 Å². The standard InChI is InChI=1S/C21H23NO6/c1-25-17-7-9-18(10-8-17)27-15-19(23)28-20(16-5-3-2-4-6-16)21(24)22-11-13-26-14-12-22/h2-10,20H,11-15H2,1H3/t20-/m1/s1. The molecule has 0 N–H and O–H groups in total. The van der Waals surface area contributed by atoms with Crippen molar-refractivity contribution in [3.05, 3.63) is 60.2 Å². The van der Waals surface area contributed by atoms with Crippen molar-refractivity contribution in [2.45, 2.75) is 6.10 Å². The van der Waals surface area contributed by atoms with Crippen LogP contribution < -0.4 is 9.47 Å². The lowest BCUT2D eigenvalue weighted by molar-refractivity contribution is -0.164. The molecule has 1 saturated heterocycles. The summed E-state index contributed by atoms with van der Waals surface area (Å²) in [6, 6.07) is 15.8. The number of esters is 1. The Morgan fingerprint density at radius 2 is 1.64 bits per heavy atom. The lowest BCUT2D eigenvalue weighted by Gasteiger charge is -2.30. The minimum absolute atomic E-state index is 0.257. The predicted octanol–water partition coefficient (Wildman–Crippen LogP) is 2.22. The number of nitrogens with zero attached hydrogens (tertiary/aromatic N) is 1. The average Bonchev–Trinajstić information content (AvgIpc) is 2.77. The summed E-state index contributed by atoms with van der Waals surface area (Å²) in [4.78, 5) is 26.9. The van der Waals surface area contributed by atoms with E-state index in [1.54, 1.807) is 60.5 Å². The van der Waals surface area contributed by atoms with Gasteiger partial charge in [-0.2, -0.15) is 0 Å². The van der Waals surface area contributed by atoms with Crippen molar-refractivity contribution in [3.63, 3.8) is 0 Å². The van der Waals surface area contributed by atoms with Gasteiger partial charge in [0.15, 0.2) is 6.61 Å². The van der Waals surface area contributed by atoms with Crippen molar-refractivity contribution in [1.82, 2.24) is 4.90 Å². The minimum Gasteiger partial charge on any atom is -0.497 e. The first-order chi connectivity index (χ1) is 13.7. The molecule has 0 bridgehead atoms. The molecule has 0 spiro atoms. The van der Waals surface area contributed by atoms with Crippen LogP contribution in [-0.4, -0.2) is 56.8 Å². The molecule has 2 aromatic rings. The maximum Gasteiger partial charge on any atom is 0.345 e. The third-order valence-corrected chi connectivity index (χ3v) is 4.31. The number of rotatable bonds is 7. The summed E-state index contributed by atoms with van der Waals surface area (Å²) in [7, 11) is 1.57. The number of benzene rings is 2. The Labute approximate surface area is 163 Å². The van der Waals surface area contributed by atoms with Crippen LogP contribution in [0.5, 0.6) is 11.5 Å². The minimum atomic E-state index is -1.01. The van der Waals surface area contributed by atoms with Gasteiger partial charge in [-0.1, -0.05) is 30.3 Å². The molecule has 1 aliphatic rings. The largest absolute Gasteiger partial charge is 0.497 e. The Morgan fingerprint density at radius 3 is 2.29 bits per heavy atom. The summed E-state index contributed by atoms with van der Waals surface area (Å²) in [5, 5.41) is 0. The van der Waals surface area contributed by atoms with Crippen molar-refractivity contribution in [3.8, 4) is 11.5 Å². The molecule has 1 heterocycles. The van der Waals surface area contributed by atoms with E-state index >= 15 is 0 Å². The predicted molar refractivity (Wildman–Crippen MR) is 101 cm³/mol. The topological polar surface area (TPSA) is 74.3 Å². The maximum atomic E-state index is 12.9. The molecule has 28 heavy (non-hydrogen) atoms. The molecule has 0 aliphatic carbocycles. The molecule has 2 aromatic carbocycles. The summed E-state index contributed by atoms with van der Waals surface area (Å²) < 4.78 is 21.3. The SMILES string of the molecule is COc1ccc(OCC(=O)O[C@@H](C(=O)N2CCOCC2)c2ccccc2)cc1. The maximum absolute atomic E-state index is 12.9. The van der Waals surface area contributed by atoms with Gasteiger partial charge in [0.25, 0.3) is 5.91 Å². The molecule has 1 atom stereocenters. The van der Waals surface area contributed by atoms with Crippen LogP contribution in [0.2, 0.25) is 0 Å². The molecule has 3 rings (SSSR count). The number of morpholine rings is 1. The number of hydrogen-bond acceptors (Lipinski definition) is 6. The lowest BCUT2D eigenvalue weighted by atomic mass is 10.1. The van der Waals surface area contributed by atoms with Gasteiger partial charge in [0.2, 0.25) is 6.10 Å². The molecule has 0 aromatic heterocycles. The average molecular weight is 385 g/mol. The molecule has 1 fully saturated rings. The van der Waals surface area contributed by atoms with E-state index in [4.69, 9.17) is 18.9 Å². The zero-order valence-electron chi connectivity index (χ0n) is 15.7. The summed E-state index contributed by atoms with van der Waals surface area (Å²) in [5.41, 5.74) is 0.622. The third-order valence-electron chi connectivity index (χ3n) is 4.31. The third kappa shape index (κ3) is 5.23. The van der Waals surface area contributed by atoms with Crippen molar-refractivity contribution in [2.24, 2.45) is 0 Å². The Morgan fingerprint density at radius 1 is 1.00 bits per heavy atom. The van der Waals surface area contributed by atoms with E-state index in [-0.39, 0.29) is 12.5 Å². The van der Waals surface area contributed by atoms with E-state index in [0.717, 1.165) is 0 Å². The van der Waals surface area contributed by atoms with Crippen LogP contribution in [-0.2, 0) is 19.1 Å². The molecule has 7 heteroatoms. The Hall–Kier alpha value is -3.06. The first-order valence-corrected chi connectivity index (χ1v) is 9.05. The van der Waals surface area contributed by atoms with E-state index in [2.05, 4.69) is 0 Å². The second-order valence-corrected chi connectivity index (χ2v) is 6.18. The van der Waals surface area contributed by atoms with E-state index in [0.29, 0.717) is 43.4 Å². The fraction of sp³-hybridized carbons (Fsp3) is 0.333. The highest BCUT2D eigenvalue weighted by atomic mass is 16.6. The highest BCUT2D eigenvalue weighted by molar-refractivity contribution is 5.85. The second kappa shape index (κ2) is 9.75. The van der Waals surface area contributed by atoms with Gasteiger partial charge < -0.3 is 23.8 Å². The first-order valence-electron chi connectivity index (χ1n) is 9.05. The van der Waals surface area contributed by atoms with E-state index in [1.165, 1.54) is 0 Å². The number of carbonyl (C=O) groups excluding carboxylic acids is 2. The van der Waals surface area contributed by atoms with E-state index in [9.17, 15) is 9.59 Å². The van der Waals surface area contributed by atoms with Crippen molar-refractivity contribution in [1.29, 1.82) is 0 Å². The van der Waals surface area contributed by atoms with Gasteiger partial charge in [0.1, 0.15) is 11.5 Å². The highest BCUT2D eigenvalue weighted by Gasteiger charge is 2.30. The van der Waals surface area contributed by atoms with Crippen molar-refractivity contribution >= 4 is 11.9 Å². The molecule has 7 nitrogen and oxygen atoms in total. The molecule has 0 radical (unpaired) electrons. The van der Waals surface area contributed by atoms with Gasteiger partial charge in [-0.05, 0) is 24.3 Å². The molecule has 1 aliphatic heterocycles. The quantitative estimate of drug-likeness (QED) is 0.681. The molecule has 148 valence electrons. The molecule has 1 amide bonds. The Kier molecular flexibility index (Phi) is 6.86. The lowest BCUT2D eigenvalue weighted by Crippen LogP contribution is -2.44. The summed E-state index contributed by atoms with van der Waals surface area (Å²) in [6.07, 6.45) is -1.01. The normalized spacial score (nSPS) is 14.8. The van der Waals surface area contributed by atoms with Gasteiger partial charge in [-0.3, -0.25) is 4.79 Å². The molecular formula is C21H23NO6. The van der Waals surface area contributed by atoms with E-state index < -0.39 is 12.1 Å². The van der Waals surface area contributed by atoms with Crippen molar-refractivity contribution < 1.29 is 28.5 Å². The van der Waals surface area contributed by atoms with E-state index in [1.807, 2.05) is 6.07 Å². The monoisotopic (exact) mass is 385 g/mol. The van der Waals surface area contributed by atoms with Gasteiger partial charge in [-0.25, -0.2) is 4.79 Å². The van der Waals surface area contributed by atoms with Crippen LogP contribution in [0.3, 0.4) is 0 Å². The molecule has 0 saturated carbocycles. The smallest absolute Gasteiger partial charge is 0.345 e. The number of carbonyl (C=O) groups is 2. The van der Waals surface area contributed by atoms with Crippen molar-refractivity contribution in [2.75, 3.05) is 40.0 Å². The summed E-state index contributed by atoms with van der Waals surface area (Å²) in [6.45, 7) is 1.60. The van der Waals surface area contributed by atoms with Crippen LogP contribution in [0, 0.1) is 0 Å². The van der Waals surface area contributed by atoms with Gasteiger partial charge >= 0.3 is 5.97 Å². The Bertz CT molecular complexity index is 771. The Balaban J connectivity index is 1.64. The van der Waals surface area contributed by atoms with Gasteiger partial charge in [-0.15, -0.1) is 0 Å². The van der Waals surface area contributed by atoms with Crippen LogP contribution >= 0.6 is 0 Å². The van der Waals surface area contributed by atoms with Crippen LogP contribution in [0.4, 0.5) is 0 Å². The van der Waals surface area contributed by atoms with Crippen LogP contribution in [0.1, 0.15) is 11.7 Å². The van der Waals surface area contributed by atoms with Gasteiger partial charge in [0.05, 0.1) is 20.3 Å². The zero-order valence-corrected chi connectivity index (χ0v) is 15.7. The number of ether oxygens (including phenoxy) is 4. The fourth-order valence-corrected chi connectivity index (χ4v) is 2.82. The summed E-state index contributed by atoms with van der Waals surface area (Å²) in [5.74, 6) is 0.322. The number of amides is 1. The number of hydrogen-bond donors (Lipinski definition) is 0. The summed E-state index contributed by atoms with van der Waals surface area (Å²) >= 11 is 0. The van der Waals surface area contributed by atoms with Crippen LogP contribution in [0.25, 0.3) is 0 Å². The highest BCUT2D eigenvalue weighted by Crippen LogP contribution is 2.22. The fourth-order valence-electron chi connectivity index (χ4n) is 2.82.